The Balaban J connectivity index is 1.45. The van der Waals surface area contributed by atoms with Gasteiger partial charge < -0.3 is 14.7 Å². The SMILES string of the molecule is Fc1ccc(-c2cc(N3CCCN(c4ncccc4C(F)(F)F)CC3)nc(N3CCCC3)n2)cc1F. The molecule has 1 aromatic carbocycles. The first-order valence-corrected chi connectivity index (χ1v) is 11.9. The summed E-state index contributed by atoms with van der Waals surface area (Å²) >= 11 is 0. The smallest absolute Gasteiger partial charge is 0.355 e. The number of benzene rings is 1. The summed E-state index contributed by atoms with van der Waals surface area (Å²) < 4.78 is 68.1. The first-order valence-electron chi connectivity index (χ1n) is 11.9. The van der Waals surface area contributed by atoms with Gasteiger partial charge in [0.1, 0.15) is 11.6 Å². The van der Waals surface area contributed by atoms with Gasteiger partial charge in [0.2, 0.25) is 5.95 Å². The van der Waals surface area contributed by atoms with E-state index in [2.05, 4.69) is 14.9 Å². The number of halogens is 5. The summed E-state index contributed by atoms with van der Waals surface area (Å²) in [5.41, 5.74) is 0.140. The lowest BCUT2D eigenvalue weighted by Gasteiger charge is -2.26. The van der Waals surface area contributed by atoms with Crippen LogP contribution in [0, 0.1) is 11.6 Å². The minimum atomic E-state index is -4.49. The largest absolute Gasteiger partial charge is 0.419 e. The molecule has 2 fully saturated rings. The monoisotopic (exact) mass is 504 g/mol. The third-order valence-electron chi connectivity index (χ3n) is 6.52. The minimum Gasteiger partial charge on any atom is -0.355 e. The van der Waals surface area contributed by atoms with Gasteiger partial charge >= 0.3 is 6.18 Å². The van der Waals surface area contributed by atoms with E-state index in [9.17, 15) is 22.0 Å². The van der Waals surface area contributed by atoms with Crippen molar-refractivity contribution in [2.24, 2.45) is 0 Å². The Hall–Kier alpha value is -3.50. The number of pyridine rings is 1. The molecule has 0 aliphatic carbocycles. The van der Waals surface area contributed by atoms with Gasteiger partial charge in [-0.25, -0.2) is 18.7 Å². The lowest BCUT2D eigenvalue weighted by atomic mass is 10.1. The second-order valence-electron chi connectivity index (χ2n) is 8.93. The van der Waals surface area contributed by atoms with Crippen LogP contribution >= 0.6 is 0 Å². The van der Waals surface area contributed by atoms with Crippen LogP contribution in [0.1, 0.15) is 24.8 Å². The molecule has 0 radical (unpaired) electrons. The molecule has 2 aliphatic rings. The van der Waals surface area contributed by atoms with Crippen molar-refractivity contribution in [3.8, 4) is 11.3 Å². The first-order chi connectivity index (χ1) is 17.3. The summed E-state index contributed by atoms with van der Waals surface area (Å²) in [6.07, 6.45) is -0.505. The van der Waals surface area contributed by atoms with Crippen LogP contribution < -0.4 is 14.7 Å². The molecule has 0 saturated carbocycles. The zero-order valence-electron chi connectivity index (χ0n) is 19.5. The maximum Gasteiger partial charge on any atom is 0.419 e. The summed E-state index contributed by atoms with van der Waals surface area (Å²) in [7, 11) is 0. The summed E-state index contributed by atoms with van der Waals surface area (Å²) in [4.78, 5) is 19.1. The van der Waals surface area contributed by atoms with Crippen LogP contribution in [0.5, 0.6) is 0 Å². The summed E-state index contributed by atoms with van der Waals surface area (Å²) in [5.74, 6) is -0.861. The van der Waals surface area contributed by atoms with Gasteiger partial charge in [0.25, 0.3) is 0 Å². The van der Waals surface area contributed by atoms with Crippen molar-refractivity contribution >= 4 is 17.6 Å². The van der Waals surface area contributed by atoms with Crippen molar-refractivity contribution < 1.29 is 22.0 Å². The first kappa shape index (κ1) is 24.2. The second kappa shape index (κ2) is 9.87. The van der Waals surface area contributed by atoms with E-state index in [0.29, 0.717) is 55.6 Å². The Bertz CT molecular complexity index is 1230. The maximum atomic E-state index is 14.0. The number of alkyl halides is 3. The van der Waals surface area contributed by atoms with E-state index in [1.165, 1.54) is 18.3 Å². The molecule has 36 heavy (non-hydrogen) atoms. The molecule has 0 N–H and O–H groups in total. The molecular formula is C25H25F5N6. The van der Waals surface area contributed by atoms with Gasteiger partial charge in [-0.15, -0.1) is 0 Å². The highest BCUT2D eigenvalue weighted by Gasteiger charge is 2.36. The fourth-order valence-electron chi connectivity index (χ4n) is 4.67. The third-order valence-corrected chi connectivity index (χ3v) is 6.52. The molecule has 11 heteroatoms. The Morgan fingerprint density at radius 3 is 2.19 bits per heavy atom. The van der Waals surface area contributed by atoms with Gasteiger partial charge in [0, 0.05) is 57.1 Å². The normalized spacial score (nSPS) is 17.0. The van der Waals surface area contributed by atoms with E-state index in [0.717, 1.165) is 44.1 Å². The molecule has 3 aromatic rings. The number of rotatable bonds is 4. The summed E-state index contributed by atoms with van der Waals surface area (Å²) in [6.45, 7) is 3.32. The number of aromatic nitrogens is 3. The molecule has 6 nitrogen and oxygen atoms in total. The highest BCUT2D eigenvalue weighted by Crippen LogP contribution is 2.36. The molecule has 0 unspecified atom stereocenters. The van der Waals surface area contributed by atoms with Gasteiger partial charge in [-0.05, 0) is 49.6 Å². The van der Waals surface area contributed by atoms with E-state index < -0.39 is 23.4 Å². The van der Waals surface area contributed by atoms with Gasteiger partial charge in [0.05, 0.1) is 11.3 Å². The van der Waals surface area contributed by atoms with Crippen molar-refractivity contribution in [3.05, 3.63) is 59.8 Å². The highest BCUT2D eigenvalue weighted by molar-refractivity contribution is 5.65. The molecule has 4 heterocycles. The molecule has 0 spiro atoms. The lowest BCUT2D eigenvalue weighted by Crippen LogP contribution is -2.33. The van der Waals surface area contributed by atoms with Crippen molar-refractivity contribution in [1.29, 1.82) is 0 Å². The van der Waals surface area contributed by atoms with Crippen molar-refractivity contribution in [1.82, 2.24) is 15.0 Å². The van der Waals surface area contributed by atoms with Crippen LogP contribution in [0.4, 0.5) is 39.5 Å². The predicted octanol–water partition coefficient (Wildman–Crippen LogP) is 5.15. The number of anilines is 3. The average Bonchev–Trinajstić information content (AvgIpc) is 3.30. The van der Waals surface area contributed by atoms with Crippen LogP contribution in [0.25, 0.3) is 11.3 Å². The van der Waals surface area contributed by atoms with Gasteiger partial charge in [-0.3, -0.25) is 0 Å². The van der Waals surface area contributed by atoms with Crippen LogP contribution in [0.15, 0.2) is 42.6 Å². The van der Waals surface area contributed by atoms with E-state index in [-0.39, 0.29) is 5.82 Å². The van der Waals surface area contributed by atoms with Crippen LogP contribution in [0.3, 0.4) is 0 Å². The number of hydrogen-bond acceptors (Lipinski definition) is 6. The summed E-state index contributed by atoms with van der Waals surface area (Å²) in [5, 5.41) is 0. The molecule has 5 rings (SSSR count). The third kappa shape index (κ3) is 5.05. The molecule has 0 amide bonds. The van der Waals surface area contributed by atoms with E-state index >= 15 is 0 Å². The second-order valence-corrected chi connectivity index (χ2v) is 8.93. The molecule has 0 atom stereocenters. The van der Waals surface area contributed by atoms with Crippen molar-refractivity contribution in [3.63, 3.8) is 0 Å². The van der Waals surface area contributed by atoms with Gasteiger partial charge in [-0.1, -0.05) is 0 Å². The van der Waals surface area contributed by atoms with Crippen LogP contribution in [-0.2, 0) is 6.18 Å². The van der Waals surface area contributed by atoms with E-state index in [4.69, 9.17) is 4.98 Å². The highest BCUT2D eigenvalue weighted by atomic mass is 19.4. The fourth-order valence-corrected chi connectivity index (χ4v) is 4.67. The van der Waals surface area contributed by atoms with Gasteiger partial charge in [0.15, 0.2) is 11.6 Å². The molecule has 2 aromatic heterocycles. The zero-order chi connectivity index (χ0) is 25.3. The Morgan fingerprint density at radius 1 is 0.722 bits per heavy atom. The topological polar surface area (TPSA) is 48.4 Å². The molecule has 2 aliphatic heterocycles. The zero-order valence-corrected chi connectivity index (χ0v) is 19.5. The Morgan fingerprint density at radius 2 is 1.44 bits per heavy atom. The molecular weight excluding hydrogens is 479 g/mol. The average molecular weight is 505 g/mol. The minimum absolute atomic E-state index is 0.0743. The maximum absolute atomic E-state index is 14.0. The Kier molecular flexibility index (Phi) is 6.63. The van der Waals surface area contributed by atoms with Gasteiger partial charge in [-0.2, -0.15) is 18.2 Å². The van der Waals surface area contributed by atoms with Crippen molar-refractivity contribution in [2.45, 2.75) is 25.4 Å². The summed E-state index contributed by atoms with van der Waals surface area (Å²) in [6, 6.07) is 7.71. The van der Waals surface area contributed by atoms with Crippen molar-refractivity contribution in [2.75, 3.05) is 54.0 Å². The van der Waals surface area contributed by atoms with E-state index in [1.807, 2.05) is 4.90 Å². The van der Waals surface area contributed by atoms with Crippen LogP contribution in [0.2, 0.25) is 0 Å². The quantitative estimate of drug-likeness (QED) is 0.458. The van der Waals surface area contributed by atoms with Crippen LogP contribution in [-0.4, -0.2) is 54.2 Å². The number of nitrogens with zero attached hydrogens (tertiary/aromatic N) is 6. The molecule has 0 bridgehead atoms. The number of hydrogen-bond donors (Lipinski definition) is 0. The Labute approximate surface area is 205 Å². The standard InChI is InChI=1S/C25H25F5N6/c26-19-7-6-17(15-20(19)27)21-16-22(33-24(32-21)36-9-1-2-10-36)34-11-4-12-35(14-13-34)23-18(25(28,29)30)5-3-8-31-23/h3,5-8,15-16H,1-2,4,9-14H2. The lowest BCUT2D eigenvalue weighted by molar-refractivity contribution is -0.137. The van der Waals surface area contributed by atoms with E-state index in [1.54, 1.807) is 11.0 Å². The molecule has 190 valence electrons. The molecule has 2 saturated heterocycles. The predicted molar refractivity (Wildman–Crippen MR) is 127 cm³/mol. The fraction of sp³-hybridized carbons (Fsp3) is 0.400.